The van der Waals surface area contributed by atoms with Gasteiger partial charge in [-0.25, -0.2) is 12.7 Å². The van der Waals surface area contributed by atoms with Crippen LogP contribution in [0.1, 0.15) is 26.2 Å². The third-order valence-corrected chi connectivity index (χ3v) is 5.64. The number of ether oxygens (including phenoxy) is 1. The van der Waals surface area contributed by atoms with Crippen molar-refractivity contribution >= 4 is 16.0 Å². The van der Waals surface area contributed by atoms with Gasteiger partial charge in [0.15, 0.2) is 0 Å². The van der Waals surface area contributed by atoms with Crippen LogP contribution in [0.15, 0.2) is 0 Å². The minimum atomic E-state index is -3.57. The lowest BCUT2D eigenvalue weighted by atomic mass is 10.1. The molecule has 7 heteroatoms. The number of esters is 1. The summed E-state index contributed by atoms with van der Waals surface area (Å²) in [5, 5.41) is 8.52. The summed E-state index contributed by atoms with van der Waals surface area (Å²) in [5.41, 5.74) is 0. The summed E-state index contributed by atoms with van der Waals surface area (Å²) in [6.07, 6.45) is 0.972. The van der Waals surface area contributed by atoms with E-state index in [0.717, 1.165) is 4.31 Å². The Bertz CT molecular complexity index is 392. The van der Waals surface area contributed by atoms with Crippen molar-refractivity contribution < 1.29 is 23.1 Å². The summed E-state index contributed by atoms with van der Waals surface area (Å²) in [5.74, 6) is -1.05. The molecule has 3 atom stereocenters. The molecular formula is C11H21NO5S. The molecule has 6 nitrogen and oxygen atoms in total. The van der Waals surface area contributed by atoms with Gasteiger partial charge in [0, 0.05) is 13.6 Å². The van der Waals surface area contributed by atoms with Crippen LogP contribution in [-0.4, -0.2) is 55.9 Å². The topological polar surface area (TPSA) is 83.9 Å². The molecule has 1 rings (SSSR count). The van der Waals surface area contributed by atoms with Gasteiger partial charge in [-0.2, -0.15) is 0 Å². The second kappa shape index (κ2) is 5.99. The van der Waals surface area contributed by atoms with Crippen LogP contribution in [0.5, 0.6) is 0 Å². The first-order valence-corrected chi connectivity index (χ1v) is 7.52. The molecule has 1 aliphatic carbocycles. The summed E-state index contributed by atoms with van der Waals surface area (Å²) < 4.78 is 30.4. The maximum Gasteiger partial charge on any atom is 0.310 e. The smallest absolute Gasteiger partial charge is 0.310 e. The summed E-state index contributed by atoms with van der Waals surface area (Å²) >= 11 is 0. The molecule has 1 N–H and O–H groups in total. The van der Waals surface area contributed by atoms with E-state index in [9.17, 15) is 18.3 Å². The van der Waals surface area contributed by atoms with Gasteiger partial charge in [0.2, 0.25) is 10.0 Å². The summed E-state index contributed by atoms with van der Waals surface area (Å²) in [6.45, 7) is 1.56. The van der Waals surface area contributed by atoms with Crippen LogP contribution < -0.4 is 0 Å². The van der Waals surface area contributed by atoms with Crippen molar-refractivity contribution in [2.75, 3.05) is 20.7 Å². The van der Waals surface area contributed by atoms with Gasteiger partial charge in [0.1, 0.15) is 0 Å². The van der Waals surface area contributed by atoms with Crippen molar-refractivity contribution in [2.24, 2.45) is 5.92 Å². The highest BCUT2D eigenvalue weighted by Gasteiger charge is 2.43. The number of nitrogens with zero attached hydrogens (tertiary/aromatic N) is 1. The molecule has 0 radical (unpaired) electrons. The Morgan fingerprint density at radius 1 is 1.50 bits per heavy atom. The second-order valence-electron chi connectivity index (χ2n) is 4.77. The Kier molecular flexibility index (Phi) is 5.12. The molecule has 0 saturated heterocycles. The zero-order valence-corrected chi connectivity index (χ0v) is 11.8. The van der Waals surface area contributed by atoms with Crippen LogP contribution in [-0.2, 0) is 19.6 Å². The number of aliphatic hydroxyl groups is 1. The van der Waals surface area contributed by atoms with E-state index >= 15 is 0 Å². The number of rotatable bonds is 5. The molecule has 0 bridgehead atoms. The number of aliphatic hydroxyl groups excluding tert-OH is 1. The summed E-state index contributed by atoms with van der Waals surface area (Å²) in [4.78, 5) is 11.6. The first-order valence-electron chi connectivity index (χ1n) is 6.01. The van der Waals surface area contributed by atoms with Crippen molar-refractivity contribution in [3.8, 4) is 0 Å². The van der Waals surface area contributed by atoms with E-state index in [1.165, 1.54) is 21.1 Å². The lowest BCUT2D eigenvalue weighted by Crippen LogP contribution is -2.43. The number of carbonyl (C=O) groups excluding carboxylic acids is 1. The number of sulfonamides is 1. The van der Waals surface area contributed by atoms with E-state index in [4.69, 9.17) is 0 Å². The number of carbonyl (C=O) groups is 1. The average molecular weight is 279 g/mol. The summed E-state index contributed by atoms with van der Waals surface area (Å²) in [6, 6.07) is 0. The van der Waals surface area contributed by atoms with Gasteiger partial charge in [-0.05, 0) is 19.8 Å². The van der Waals surface area contributed by atoms with Crippen LogP contribution in [0.2, 0.25) is 0 Å². The molecule has 0 aliphatic heterocycles. The van der Waals surface area contributed by atoms with E-state index in [2.05, 4.69) is 4.74 Å². The Balaban J connectivity index is 2.87. The van der Waals surface area contributed by atoms with E-state index in [1.807, 2.05) is 0 Å². The standard InChI is InChI=1S/C11H21NO5S/c1-8(13)7-12(2)18(15,16)10-6-4-5-9(10)11(14)17-3/h8-10,13H,4-7H2,1-3H3. The van der Waals surface area contributed by atoms with Crippen LogP contribution >= 0.6 is 0 Å². The van der Waals surface area contributed by atoms with Gasteiger partial charge in [-0.15, -0.1) is 0 Å². The van der Waals surface area contributed by atoms with Gasteiger partial charge in [0.05, 0.1) is 24.4 Å². The Labute approximate surface area is 108 Å². The van der Waals surface area contributed by atoms with Gasteiger partial charge < -0.3 is 9.84 Å². The molecular weight excluding hydrogens is 258 g/mol. The molecule has 0 aromatic carbocycles. The largest absolute Gasteiger partial charge is 0.469 e. The van der Waals surface area contributed by atoms with Crippen molar-refractivity contribution in [1.82, 2.24) is 4.31 Å². The lowest BCUT2D eigenvalue weighted by Gasteiger charge is -2.25. The molecule has 0 spiro atoms. The first kappa shape index (κ1) is 15.4. The fraction of sp³-hybridized carbons (Fsp3) is 0.909. The molecule has 0 aromatic rings. The SMILES string of the molecule is COC(=O)C1CCCC1S(=O)(=O)N(C)CC(C)O. The molecule has 0 heterocycles. The zero-order chi connectivity index (χ0) is 13.9. The van der Waals surface area contributed by atoms with E-state index in [0.29, 0.717) is 19.3 Å². The van der Waals surface area contributed by atoms with Crippen LogP contribution in [0.4, 0.5) is 0 Å². The minimum absolute atomic E-state index is 0.0345. The van der Waals surface area contributed by atoms with E-state index in [1.54, 1.807) is 0 Å². The maximum atomic E-state index is 12.3. The third kappa shape index (κ3) is 3.21. The average Bonchev–Trinajstić information content (AvgIpc) is 2.76. The van der Waals surface area contributed by atoms with Crippen molar-refractivity contribution in [3.05, 3.63) is 0 Å². The predicted molar refractivity (Wildman–Crippen MR) is 66.4 cm³/mol. The first-order chi connectivity index (χ1) is 8.30. The maximum absolute atomic E-state index is 12.3. The van der Waals surface area contributed by atoms with E-state index in [-0.39, 0.29) is 6.54 Å². The Morgan fingerprint density at radius 3 is 2.61 bits per heavy atom. The normalized spacial score (nSPS) is 26.3. The predicted octanol–water partition coefficient (Wildman–Crippen LogP) is -0.0295. The lowest BCUT2D eigenvalue weighted by molar-refractivity contribution is -0.145. The highest BCUT2D eigenvalue weighted by molar-refractivity contribution is 7.89. The number of likely N-dealkylation sites (N-methyl/N-ethyl adjacent to an activating group) is 1. The van der Waals surface area contributed by atoms with Crippen LogP contribution in [0.25, 0.3) is 0 Å². The summed E-state index contributed by atoms with van der Waals surface area (Å²) in [7, 11) is -0.873. The molecule has 1 fully saturated rings. The number of hydrogen-bond acceptors (Lipinski definition) is 5. The molecule has 0 amide bonds. The molecule has 1 saturated carbocycles. The third-order valence-electron chi connectivity index (χ3n) is 3.29. The molecule has 3 unspecified atom stereocenters. The Morgan fingerprint density at radius 2 is 2.11 bits per heavy atom. The molecule has 0 aromatic heterocycles. The second-order valence-corrected chi connectivity index (χ2v) is 7.03. The zero-order valence-electron chi connectivity index (χ0n) is 11.0. The molecule has 106 valence electrons. The Hall–Kier alpha value is -0.660. The highest BCUT2D eigenvalue weighted by atomic mass is 32.2. The van der Waals surface area contributed by atoms with Gasteiger partial charge in [-0.3, -0.25) is 4.79 Å². The number of methoxy groups -OCH3 is 1. The van der Waals surface area contributed by atoms with Gasteiger partial charge in [-0.1, -0.05) is 6.42 Å². The van der Waals surface area contributed by atoms with E-state index < -0.39 is 33.3 Å². The molecule has 18 heavy (non-hydrogen) atoms. The van der Waals surface area contributed by atoms with Gasteiger partial charge in [0.25, 0.3) is 0 Å². The van der Waals surface area contributed by atoms with Crippen LogP contribution in [0, 0.1) is 5.92 Å². The quantitative estimate of drug-likeness (QED) is 0.714. The fourth-order valence-electron chi connectivity index (χ4n) is 2.41. The van der Waals surface area contributed by atoms with Crippen molar-refractivity contribution in [1.29, 1.82) is 0 Å². The molecule has 1 aliphatic rings. The fourth-order valence-corrected chi connectivity index (χ4v) is 4.42. The monoisotopic (exact) mass is 279 g/mol. The van der Waals surface area contributed by atoms with Crippen molar-refractivity contribution in [2.45, 2.75) is 37.5 Å². The van der Waals surface area contributed by atoms with Crippen LogP contribution in [0.3, 0.4) is 0 Å². The highest BCUT2D eigenvalue weighted by Crippen LogP contribution is 2.33. The number of hydrogen-bond donors (Lipinski definition) is 1. The van der Waals surface area contributed by atoms with Crippen molar-refractivity contribution in [3.63, 3.8) is 0 Å². The minimum Gasteiger partial charge on any atom is -0.469 e. The van der Waals surface area contributed by atoms with Gasteiger partial charge >= 0.3 is 5.97 Å².